The van der Waals surface area contributed by atoms with Crippen LogP contribution < -0.4 is 0 Å². The van der Waals surface area contributed by atoms with Crippen molar-refractivity contribution >= 4 is 29.2 Å². The van der Waals surface area contributed by atoms with E-state index in [1.165, 1.54) is 6.92 Å². The maximum absolute atomic E-state index is 11.1. The molecule has 140 valence electrons. The Balaban J connectivity index is 1.86. The van der Waals surface area contributed by atoms with Gasteiger partial charge in [0.05, 0.1) is 16.7 Å². The molecule has 0 saturated heterocycles. The lowest BCUT2D eigenvalue weighted by atomic mass is 9.95. The van der Waals surface area contributed by atoms with Crippen LogP contribution in [0.1, 0.15) is 24.8 Å². The lowest BCUT2D eigenvalue weighted by Gasteiger charge is -2.20. The standard InChI is InChI=1S/C21H20Cl2N2O2/c1-15(26)27-12-9-18(17-7-8-19(22)20(23)13-17)14-25-11-10-24-21(25)16-5-3-2-4-6-16/h2-8,10-11,13,18H,9,12,14H2,1H3. The van der Waals surface area contributed by atoms with Gasteiger partial charge in [-0.05, 0) is 24.1 Å². The normalized spacial score (nSPS) is 12.0. The first kappa shape index (κ1) is 19.5. The number of halogens is 2. The average Bonchev–Trinajstić information content (AvgIpc) is 3.12. The van der Waals surface area contributed by atoms with Gasteiger partial charge < -0.3 is 9.30 Å². The molecule has 0 spiro atoms. The number of rotatable bonds is 7. The van der Waals surface area contributed by atoms with Gasteiger partial charge in [-0.3, -0.25) is 4.79 Å². The van der Waals surface area contributed by atoms with Gasteiger partial charge >= 0.3 is 5.97 Å². The summed E-state index contributed by atoms with van der Waals surface area (Å²) in [7, 11) is 0. The number of esters is 1. The van der Waals surface area contributed by atoms with E-state index in [1.54, 1.807) is 12.3 Å². The van der Waals surface area contributed by atoms with Crippen molar-refractivity contribution in [3.05, 3.63) is 76.5 Å². The molecule has 0 amide bonds. The molecule has 1 atom stereocenters. The van der Waals surface area contributed by atoms with Crippen LogP contribution in [0.5, 0.6) is 0 Å². The molecule has 3 aromatic rings. The minimum atomic E-state index is -0.282. The molecular weight excluding hydrogens is 383 g/mol. The van der Waals surface area contributed by atoms with Gasteiger partial charge in [0.1, 0.15) is 5.82 Å². The van der Waals surface area contributed by atoms with E-state index in [0.717, 1.165) is 17.0 Å². The molecule has 6 heteroatoms. The van der Waals surface area contributed by atoms with Crippen molar-refractivity contribution in [1.29, 1.82) is 0 Å². The number of carbonyl (C=O) groups excluding carboxylic acids is 1. The predicted molar refractivity (Wildman–Crippen MR) is 108 cm³/mol. The Morgan fingerprint density at radius 1 is 1.15 bits per heavy atom. The third kappa shape index (κ3) is 5.12. The Kier molecular flexibility index (Phi) is 6.54. The van der Waals surface area contributed by atoms with E-state index in [1.807, 2.05) is 48.7 Å². The second-order valence-corrected chi connectivity index (χ2v) is 7.08. The maximum Gasteiger partial charge on any atom is 0.302 e. The van der Waals surface area contributed by atoms with Crippen LogP contribution in [0.2, 0.25) is 10.0 Å². The molecule has 0 aliphatic rings. The molecule has 0 aliphatic heterocycles. The second kappa shape index (κ2) is 9.07. The van der Waals surface area contributed by atoms with E-state index in [0.29, 0.717) is 29.6 Å². The fourth-order valence-corrected chi connectivity index (χ4v) is 3.32. The van der Waals surface area contributed by atoms with Crippen LogP contribution in [0.25, 0.3) is 11.4 Å². The average molecular weight is 403 g/mol. The minimum Gasteiger partial charge on any atom is -0.466 e. The molecule has 0 N–H and O–H groups in total. The number of hydrogen-bond acceptors (Lipinski definition) is 3. The third-order valence-electron chi connectivity index (χ3n) is 4.35. The van der Waals surface area contributed by atoms with Crippen LogP contribution in [0, 0.1) is 0 Å². The fraction of sp³-hybridized carbons (Fsp3) is 0.238. The number of aromatic nitrogens is 2. The monoisotopic (exact) mass is 402 g/mol. The minimum absolute atomic E-state index is 0.0933. The van der Waals surface area contributed by atoms with Gasteiger partial charge in [0, 0.05) is 37.3 Å². The van der Waals surface area contributed by atoms with E-state index < -0.39 is 0 Å². The molecule has 0 bridgehead atoms. The Morgan fingerprint density at radius 2 is 1.93 bits per heavy atom. The molecule has 0 radical (unpaired) electrons. The molecule has 0 saturated carbocycles. The van der Waals surface area contributed by atoms with Crippen LogP contribution in [-0.2, 0) is 16.1 Å². The summed E-state index contributed by atoms with van der Waals surface area (Å²) in [6, 6.07) is 15.7. The molecule has 1 heterocycles. The Bertz CT molecular complexity index is 910. The summed E-state index contributed by atoms with van der Waals surface area (Å²) >= 11 is 12.3. The van der Waals surface area contributed by atoms with Crippen molar-refractivity contribution < 1.29 is 9.53 Å². The first-order chi connectivity index (χ1) is 13.0. The highest BCUT2D eigenvalue weighted by atomic mass is 35.5. The quantitative estimate of drug-likeness (QED) is 0.483. The van der Waals surface area contributed by atoms with E-state index in [2.05, 4.69) is 9.55 Å². The zero-order valence-corrected chi connectivity index (χ0v) is 16.5. The van der Waals surface area contributed by atoms with Gasteiger partial charge in [-0.15, -0.1) is 0 Å². The molecule has 27 heavy (non-hydrogen) atoms. The number of nitrogens with zero attached hydrogens (tertiary/aromatic N) is 2. The van der Waals surface area contributed by atoms with Gasteiger partial charge in [0.2, 0.25) is 0 Å². The molecular formula is C21H20Cl2N2O2. The van der Waals surface area contributed by atoms with Crippen molar-refractivity contribution in [3.8, 4) is 11.4 Å². The number of carbonyl (C=O) groups is 1. The number of benzene rings is 2. The molecule has 1 aromatic heterocycles. The zero-order chi connectivity index (χ0) is 19.2. The molecule has 2 aromatic carbocycles. The lowest BCUT2D eigenvalue weighted by Crippen LogP contribution is -2.13. The van der Waals surface area contributed by atoms with Gasteiger partial charge in [-0.25, -0.2) is 4.98 Å². The van der Waals surface area contributed by atoms with Crippen molar-refractivity contribution in [2.45, 2.75) is 25.8 Å². The van der Waals surface area contributed by atoms with Crippen LogP contribution in [0.15, 0.2) is 60.9 Å². The molecule has 1 unspecified atom stereocenters. The van der Waals surface area contributed by atoms with Crippen molar-refractivity contribution in [3.63, 3.8) is 0 Å². The fourth-order valence-electron chi connectivity index (χ4n) is 3.02. The highest BCUT2D eigenvalue weighted by molar-refractivity contribution is 6.42. The highest BCUT2D eigenvalue weighted by Crippen LogP contribution is 2.30. The van der Waals surface area contributed by atoms with Gasteiger partial charge in [-0.1, -0.05) is 59.6 Å². The lowest BCUT2D eigenvalue weighted by molar-refractivity contribution is -0.141. The molecule has 4 nitrogen and oxygen atoms in total. The molecule has 0 fully saturated rings. The summed E-state index contributed by atoms with van der Waals surface area (Å²) in [6.45, 7) is 2.44. The van der Waals surface area contributed by atoms with E-state index >= 15 is 0 Å². The smallest absolute Gasteiger partial charge is 0.302 e. The SMILES string of the molecule is CC(=O)OCCC(Cn1ccnc1-c1ccccc1)c1ccc(Cl)c(Cl)c1. The highest BCUT2D eigenvalue weighted by Gasteiger charge is 2.17. The number of ether oxygens (including phenoxy) is 1. The van der Waals surface area contributed by atoms with E-state index in [9.17, 15) is 4.79 Å². The summed E-state index contributed by atoms with van der Waals surface area (Å²) in [6.07, 6.45) is 4.42. The Morgan fingerprint density at radius 3 is 2.63 bits per heavy atom. The summed E-state index contributed by atoms with van der Waals surface area (Å²) in [5.74, 6) is 0.708. The van der Waals surface area contributed by atoms with Crippen LogP contribution in [0.3, 0.4) is 0 Å². The molecule has 3 rings (SSSR count). The van der Waals surface area contributed by atoms with Crippen molar-refractivity contribution in [1.82, 2.24) is 9.55 Å². The van der Waals surface area contributed by atoms with Crippen molar-refractivity contribution in [2.24, 2.45) is 0 Å². The van der Waals surface area contributed by atoms with Crippen LogP contribution in [-0.4, -0.2) is 22.1 Å². The van der Waals surface area contributed by atoms with Crippen LogP contribution >= 0.6 is 23.2 Å². The number of hydrogen-bond donors (Lipinski definition) is 0. The van der Waals surface area contributed by atoms with Gasteiger partial charge in [0.25, 0.3) is 0 Å². The first-order valence-corrected chi connectivity index (χ1v) is 9.45. The summed E-state index contributed by atoms with van der Waals surface area (Å²) in [5.41, 5.74) is 2.10. The zero-order valence-electron chi connectivity index (χ0n) is 14.9. The van der Waals surface area contributed by atoms with E-state index in [4.69, 9.17) is 27.9 Å². The topological polar surface area (TPSA) is 44.1 Å². The first-order valence-electron chi connectivity index (χ1n) is 8.69. The maximum atomic E-state index is 11.1. The van der Waals surface area contributed by atoms with Gasteiger partial charge in [-0.2, -0.15) is 0 Å². The number of imidazole rings is 1. The molecule has 0 aliphatic carbocycles. The van der Waals surface area contributed by atoms with Gasteiger partial charge in [0.15, 0.2) is 0 Å². The summed E-state index contributed by atoms with van der Waals surface area (Å²) in [5, 5.41) is 1.03. The predicted octanol–water partition coefficient (Wildman–Crippen LogP) is 5.59. The largest absolute Gasteiger partial charge is 0.466 e. The third-order valence-corrected chi connectivity index (χ3v) is 5.09. The Hall–Kier alpha value is -2.30. The second-order valence-electron chi connectivity index (χ2n) is 6.27. The summed E-state index contributed by atoms with van der Waals surface area (Å²) in [4.78, 5) is 15.6. The van der Waals surface area contributed by atoms with Crippen molar-refractivity contribution in [2.75, 3.05) is 6.61 Å². The van der Waals surface area contributed by atoms with E-state index in [-0.39, 0.29) is 11.9 Å². The Labute approximate surface area is 168 Å². The summed E-state index contributed by atoms with van der Waals surface area (Å²) < 4.78 is 7.27. The van der Waals surface area contributed by atoms with Crippen LogP contribution in [0.4, 0.5) is 0 Å².